The molecule has 3 aromatic carbocycles. The van der Waals surface area contributed by atoms with E-state index in [-0.39, 0.29) is 5.91 Å². The van der Waals surface area contributed by atoms with Crippen LogP contribution in [0.5, 0.6) is 11.5 Å². The average Bonchev–Trinajstić information content (AvgIpc) is 2.85. The lowest BCUT2D eigenvalue weighted by Gasteiger charge is -2.35. The second-order valence-electron chi connectivity index (χ2n) is 8.34. The van der Waals surface area contributed by atoms with Crippen molar-refractivity contribution in [2.45, 2.75) is 20.1 Å². The summed E-state index contributed by atoms with van der Waals surface area (Å²) >= 11 is 6.23. The smallest absolute Gasteiger partial charge is 0.253 e. The van der Waals surface area contributed by atoms with E-state index in [0.717, 1.165) is 36.5 Å². The second kappa shape index (κ2) is 10.7. The maximum Gasteiger partial charge on any atom is 0.253 e. The molecule has 3 aromatic rings. The normalized spacial score (nSPS) is 14.2. The van der Waals surface area contributed by atoms with E-state index in [0.29, 0.717) is 36.0 Å². The fourth-order valence-electron chi connectivity index (χ4n) is 4.00. The molecule has 0 spiro atoms. The molecule has 0 aliphatic carbocycles. The Balaban J connectivity index is 1.32. The van der Waals surface area contributed by atoms with Crippen molar-refractivity contribution < 1.29 is 14.3 Å². The Kier molecular flexibility index (Phi) is 7.53. The van der Waals surface area contributed by atoms with Gasteiger partial charge in [0.15, 0.2) is 0 Å². The number of aryl methyl sites for hydroxylation is 1. The van der Waals surface area contributed by atoms with Crippen LogP contribution < -0.4 is 9.47 Å². The van der Waals surface area contributed by atoms with Crippen LogP contribution in [0.1, 0.15) is 27.0 Å². The highest BCUT2D eigenvalue weighted by molar-refractivity contribution is 6.32. The van der Waals surface area contributed by atoms with Crippen LogP contribution in [0, 0.1) is 6.92 Å². The summed E-state index contributed by atoms with van der Waals surface area (Å²) in [4.78, 5) is 17.4. The maximum absolute atomic E-state index is 13.1. The lowest BCUT2D eigenvalue weighted by molar-refractivity contribution is 0.0628. The molecular weight excluding hydrogens is 436 g/mol. The third kappa shape index (κ3) is 6.06. The van der Waals surface area contributed by atoms with Crippen LogP contribution in [0.4, 0.5) is 0 Å². The molecule has 1 aliphatic rings. The first-order valence-electron chi connectivity index (χ1n) is 11.1. The Labute approximate surface area is 200 Å². The molecule has 0 atom stereocenters. The van der Waals surface area contributed by atoms with Crippen molar-refractivity contribution in [1.82, 2.24) is 9.80 Å². The Bertz CT molecular complexity index is 1110. The molecule has 33 heavy (non-hydrogen) atoms. The molecular formula is C27H29ClN2O3. The minimum absolute atomic E-state index is 0.0615. The van der Waals surface area contributed by atoms with E-state index in [1.165, 1.54) is 5.56 Å². The number of halogens is 1. The molecule has 6 heteroatoms. The molecule has 0 bridgehead atoms. The van der Waals surface area contributed by atoms with E-state index < -0.39 is 0 Å². The monoisotopic (exact) mass is 464 g/mol. The van der Waals surface area contributed by atoms with E-state index in [4.69, 9.17) is 21.1 Å². The minimum atomic E-state index is 0.0615. The van der Waals surface area contributed by atoms with E-state index in [1.807, 2.05) is 66.4 Å². The maximum atomic E-state index is 13.1. The molecule has 0 aromatic heterocycles. The third-order valence-electron chi connectivity index (χ3n) is 5.85. The van der Waals surface area contributed by atoms with Gasteiger partial charge in [0.1, 0.15) is 18.1 Å². The Morgan fingerprint density at radius 3 is 2.48 bits per heavy atom. The predicted octanol–water partition coefficient (Wildman–Crippen LogP) is 5.19. The lowest BCUT2D eigenvalue weighted by atomic mass is 10.1. The number of carbonyl (C=O) groups is 1. The summed E-state index contributed by atoms with van der Waals surface area (Å²) in [6.45, 7) is 6.32. The number of hydrogen-bond donors (Lipinski definition) is 0. The van der Waals surface area contributed by atoms with Crippen LogP contribution in [0.25, 0.3) is 0 Å². The summed E-state index contributed by atoms with van der Waals surface area (Å²) in [5.74, 6) is 1.59. The van der Waals surface area contributed by atoms with Gasteiger partial charge in [0.05, 0.1) is 12.1 Å². The third-order valence-corrected chi connectivity index (χ3v) is 6.17. The van der Waals surface area contributed by atoms with Gasteiger partial charge in [-0.25, -0.2) is 0 Å². The van der Waals surface area contributed by atoms with Gasteiger partial charge in [0, 0.05) is 38.3 Å². The number of hydrogen-bond acceptors (Lipinski definition) is 4. The molecule has 0 N–H and O–H groups in total. The van der Waals surface area contributed by atoms with Crippen LogP contribution in [0.2, 0.25) is 5.02 Å². The SMILES string of the molecule is COc1cccc(CN2CCN(C(=O)c3cccc(COc4cc(C)ccc4Cl)c3)CC2)c1. The topological polar surface area (TPSA) is 42.0 Å². The first-order valence-corrected chi connectivity index (χ1v) is 11.5. The van der Waals surface area contributed by atoms with E-state index in [1.54, 1.807) is 7.11 Å². The van der Waals surface area contributed by atoms with Gasteiger partial charge < -0.3 is 14.4 Å². The summed E-state index contributed by atoms with van der Waals surface area (Å²) in [5, 5.41) is 0.583. The Hall–Kier alpha value is -3.02. The minimum Gasteiger partial charge on any atom is -0.497 e. The van der Waals surface area contributed by atoms with Gasteiger partial charge in [-0.15, -0.1) is 0 Å². The molecule has 1 fully saturated rings. The van der Waals surface area contributed by atoms with Crippen molar-refractivity contribution in [3.05, 3.63) is 94.0 Å². The van der Waals surface area contributed by atoms with Crippen LogP contribution >= 0.6 is 11.6 Å². The fraction of sp³-hybridized carbons (Fsp3) is 0.296. The second-order valence-corrected chi connectivity index (χ2v) is 8.75. The van der Waals surface area contributed by atoms with Crippen molar-refractivity contribution in [1.29, 1.82) is 0 Å². The summed E-state index contributed by atoms with van der Waals surface area (Å²) in [6, 6.07) is 21.5. The molecule has 172 valence electrons. The van der Waals surface area contributed by atoms with E-state index in [9.17, 15) is 4.79 Å². The van der Waals surface area contributed by atoms with Gasteiger partial charge in [-0.2, -0.15) is 0 Å². The molecule has 0 radical (unpaired) electrons. The molecule has 0 unspecified atom stereocenters. The number of nitrogens with zero attached hydrogens (tertiary/aromatic N) is 2. The van der Waals surface area contributed by atoms with Gasteiger partial charge in [0.2, 0.25) is 0 Å². The largest absolute Gasteiger partial charge is 0.497 e. The molecule has 5 nitrogen and oxygen atoms in total. The number of ether oxygens (including phenoxy) is 2. The molecule has 1 saturated heterocycles. The van der Waals surface area contributed by atoms with Crippen molar-refractivity contribution >= 4 is 17.5 Å². The molecule has 4 rings (SSSR count). The zero-order valence-corrected chi connectivity index (χ0v) is 19.8. The highest BCUT2D eigenvalue weighted by atomic mass is 35.5. The predicted molar refractivity (Wildman–Crippen MR) is 131 cm³/mol. The Morgan fingerprint density at radius 2 is 1.70 bits per heavy atom. The van der Waals surface area contributed by atoms with Gasteiger partial charge in [-0.1, -0.05) is 41.9 Å². The molecule has 1 heterocycles. The first-order chi connectivity index (χ1) is 16.0. The number of rotatable bonds is 7. The zero-order valence-electron chi connectivity index (χ0n) is 19.1. The van der Waals surface area contributed by atoms with Crippen LogP contribution in [0.3, 0.4) is 0 Å². The number of piperazine rings is 1. The molecule has 1 amide bonds. The van der Waals surface area contributed by atoms with Gasteiger partial charge in [-0.3, -0.25) is 9.69 Å². The summed E-state index contributed by atoms with van der Waals surface area (Å²) in [7, 11) is 1.68. The van der Waals surface area contributed by atoms with Gasteiger partial charge in [-0.05, 0) is 60.0 Å². The number of carbonyl (C=O) groups excluding carboxylic acids is 1. The highest BCUT2D eigenvalue weighted by Crippen LogP contribution is 2.26. The Morgan fingerprint density at radius 1 is 0.939 bits per heavy atom. The highest BCUT2D eigenvalue weighted by Gasteiger charge is 2.22. The molecule has 0 saturated carbocycles. The van der Waals surface area contributed by atoms with Crippen molar-refractivity contribution in [2.75, 3.05) is 33.3 Å². The van der Waals surface area contributed by atoms with Gasteiger partial charge in [0.25, 0.3) is 5.91 Å². The lowest BCUT2D eigenvalue weighted by Crippen LogP contribution is -2.48. The summed E-state index contributed by atoms with van der Waals surface area (Å²) in [5.41, 5.74) is 3.93. The first kappa shape index (κ1) is 23.1. The van der Waals surface area contributed by atoms with Crippen molar-refractivity contribution in [3.63, 3.8) is 0 Å². The zero-order chi connectivity index (χ0) is 23.2. The standard InChI is InChI=1S/C27H29ClN2O3/c1-20-9-10-25(28)26(15-20)33-19-22-6-3-7-23(16-22)27(31)30-13-11-29(12-14-30)18-21-5-4-8-24(17-21)32-2/h3-10,15-17H,11-14,18-19H2,1-2H3. The quantitative estimate of drug-likeness (QED) is 0.482. The fourth-order valence-corrected chi connectivity index (χ4v) is 4.17. The molecule has 1 aliphatic heterocycles. The average molecular weight is 465 g/mol. The van der Waals surface area contributed by atoms with Crippen LogP contribution in [-0.2, 0) is 13.2 Å². The number of benzene rings is 3. The number of amides is 1. The van der Waals surface area contributed by atoms with Crippen LogP contribution in [-0.4, -0.2) is 49.0 Å². The van der Waals surface area contributed by atoms with Crippen LogP contribution in [0.15, 0.2) is 66.7 Å². The summed E-state index contributed by atoms with van der Waals surface area (Å²) < 4.78 is 11.2. The van der Waals surface area contributed by atoms with Gasteiger partial charge >= 0.3 is 0 Å². The summed E-state index contributed by atoms with van der Waals surface area (Å²) in [6.07, 6.45) is 0. The number of methoxy groups -OCH3 is 1. The van der Waals surface area contributed by atoms with Crippen molar-refractivity contribution in [3.8, 4) is 11.5 Å². The van der Waals surface area contributed by atoms with Crippen molar-refractivity contribution in [2.24, 2.45) is 0 Å². The van der Waals surface area contributed by atoms with E-state index in [2.05, 4.69) is 17.0 Å². The van der Waals surface area contributed by atoms with E-state index >= 15 is 0 Å².